The molecule has 1 heterocycles. The maximum atomic E-state index is 8.74. The molecule has 0 amide bonds. The summed E-state index contributed by atoms with van der Waals surface area (Å²) in [6.45, 7) is 4.43. The third kappa shape index (κ3) is 2.92. The molecule has 0 fully saturated rings. The van der Waals surface area contributed by atoms with Gasteiger partial charge in [0.1, 0.15) is 11.1 Å². The normalized spacial score (nSPS) is 10.5. The first-order chi connectivity index (χ1) is 8.19. The molecule has 0 aliphatic heterocycles. The first kappa shape index (κ1) is 11.8. The molecule has 0 saturated carbocycles. The van der Waals surface area contributed by atoms with Crippen LogP contribution in [0.25, 0.3) is 10.6 Å². The van der Waals surface area contributed by atoms with E-state index in [2.05, 4.69) is 49.2 Å². The van der Waals surface area contributed by atoms with Crippen LogP contribution in [0.4, 0.5) is 0 Å². The number of thiazole rings is 1. The highest BCUT2D eigenvalue weighted by molar-refractivity contribution is 7.13. The van der Waals surface area contributed by atoms with Gasteiger partial charge in [0, 0.05) is 10.9 Å². The van der Waals surface area contributed by atoms with Crippen LogP contribution < -0.4 is 0 Å². The average Bonchev–Trinajstić information content (AvgIpc) is 2.78. The van der Waals surface area contributed by atoms with E-state index >= 15 is 0 Å². The molecule has 0 saturated heterocycles. The van der Waals surface area contributed by atoms with Gasteiger partial charge in [0.15, 0.2) is 5.69 Å². The molecule has 0 aliphatic rings. The van der Waals surface area contributed by atoms with Gasteiger partial charge in [0.05, 0.1) is 0 Å². The second-order valence-corrected chi connectivity index (χ2v) is 5.30. The number of hydrogen-bond donors (Lipinski definition) is 0. The van der Waals surface area contributed by atoms with Crippen LogP contribution in [0.3, 0.4) is 0 Å². The molecule has 2 rings (SSSR count). The lowest BCUT2D eigenvalue weighted by Gasteiger charge is -2.05. The van der Waals surface area contributed by atoms with E-state index in [-0.39, 0.29) is 0 Å². The first-order valence-corrected chi connectivity index (χ1v) is 6.52. The number of aromatic nitrogens is 1. The van der Waals surface area contributed by atoms with Crippen molar-refractivity contribution in [2.45, 2.75) is 20.3 Å². The summed E-state index contributed by atoms with van der Waals surface area (Å²) in [5.74, 6) is 0.672. The Morgan fingerprint density at radius 1 is 1.29 bits per heavy atom. The lowest BCUT2D eigenvalue weighted by Crippen LogP contribution is -1.93. The van der Waals surface area contributed by atoms with E-state index in [0.717, 1.165) is 17.0 Å². The first-order valence-electron chi connectivity index (χ1n) is 5.64. The Balaban J connectivity index is 2.20. The number of hydrogen-bond acceptors (Lipinski definition) is 3. The van der Waals surface area contributed by atoms with E-state index in [0.29, 0.717) is 11.6 Å². The van der Waals surface area contributed by atoms with Crippen molar-refractivity contribution in [3.63, 3.8) is 0 Å². The third-order valence-electron chi connectivity index (χ3n) is 2.46. The van der Waals surface area contributed by atoms with Crippen molar-refractivity contribution in [3.8, 4) is 16.6 Å². The number of rotatable bonds is 3. The molecule has 0 unspecified atom stereocenters. The molecule has 0 aliphatic carbocycles. The number of nitrogens with zero attached hydrogens (tertiary/aromatic N) is 2. The van der Waals surface area contributed by atoms with E-state index in [1.54, 1.807) is 5.38 Å². The summed E-state index contributed by atoms with van der Waals surface area (Å²) in [5, 5.41) is 11.4. The van der Waals surface area contributed by atoms with Gasteiger partial charge < -0.3 is 0 Å². The fraction of sp³-hybridized carbons (Fsp3) is 0.286. The number of nitriles is 1. The van der Waals surface area contributed by atoms with Crippen molar-refractivity contribution in [1.29, 1.82) is 5.26 Å². The topological polar surface area (TPSA) is 36.7 Å². The van der Waals surface area contributed by atoms with E-state index < -0.39 is 0 Å². The molecular formula is C14H14N2S. The van der Waals surface area contributed by atoms with Gasteiger partial charge in [-0.3, -0.25) is 0 Å². The molecule has 17 heavy (non-hydrogen) atoms. The maximum absolute atomic E-state index is 8.74. The fourth-order valence-electron chi connectivity index (χ4n) is 1.71. The Bertz CT molecular complexity index is 532. The van der Waals surface area contributed by atoms with Crippen LogP contribution in [0.2, 0.25) is 0 Å². The highest BCUT2D eigenvalue weighted by Gasteiger charge is 2.04. The van der Waals surface area contributed by atoms with E-state index in [4.69, 9.17) is 5.26 Å². The van der Waals surface area contributed by atoms with Crippen LogP contribution in [0.5, 0.6) is 0 Å². The molecular weight excluding hydrogens is 228 g/mol. The van der Waals surface area contributed by atoms with Crippen LogP contribution in [0, 0.1) is 17.2 Å². The zero-order valence-corrected chi connectivity index (χ0v) is 10.8. The molecule has 1 aromatic carbocycles. The van der Waals surface area contributed by atoms with E-state index in [1.807, 2.05) is 0 Å². The summed E-state index contributed by atoms with van der Waals surface area (Å²) in [6.07, 6.45) is 1.10. The Morgan fingerprint density at radius 3 is 2.53 bits per heavy atom. The summed E-state index contributed by atoms with van der Waals surface area (Å²) in [7, 11) is 0. The minimum absolute atomic E-state index is 0.497. The predicted octanol–water partition coefficient (Wildman–Crippen LogP) is 3.88. The van der Waals surface area contributed by atoms with Crippen LogP contribution >= 0.6 is 11.3 Å². The van der Waals surface area contributed by atoms with Crippen molar-refractivity contribution >= 4 is 11.3 Å². The van der Waals surface area contributed by atoms with Crippen LogP contribution in [-0.4, -0.2) is 4.98 Å². The lowest BCUT2D eigenvalue weighted by molar-refractivity contribution is 0.647. The molecule has 3 heteroatoms. The average molecular weight is 242 g/mol. The minimum Gasteiger partial charge on any atom is -0.225 e. The van der Waals surface area contributed by atoms with Gasteiger partial charge in [-0.2, -0.15) is 5.26 Å². The molecule has 2 nitrogen and oxygen atoms in total. The maximum Gasteiger partial charge on any atom is 0.152 e. The zero-order chi connectivity index (χ0) is 12.3. The quantitative estimate of drug-likeness (QED) is 0.819. The molecule has 0 bridgehead atoms. The second kappa shape index (κ2) is 5.11. The lowest BCUT2D eigenvalue weighted by atomic mass is 10.0. The van der Waals surface area contributed by atoms with Gasteiger partial charge in [0.25, 0.3) is 0 Å². The Labute approximate surface area is 106 Å². The van der Waals surface area contributed by atoms with Gasteiger partial charge >= 0.3 is 0 Å². The standard InChI is InChI=1S/C14H14N2S/c1-10(2)7-11-3-5-12(6-4-11)14-16-13(8-15)9-17-14/h3-6,9-10H,7H2,1-2H3. The zero-order valence-electron chi connectivity index (χ0n) is 9.97. The monoisotopic (exact) mass is 242 g/mol. The van der Waals surface area contributed by atoms with Gasteiger partial charge in [0.2, 0.25) is 0 Å². The smallest absolute Gasteiger partial charge is 0.152 e. The van der Waals surface area contributed by atoms with Crippen molar-refractivity contribution < 1.29 is 0 Å². The summed E-state index contributed by atoms with van der Waals surface area (Å²) in [4.78, 5) is 4.25. The molecule has 2 aromatic rings. The van der Waals surface area contributed by atoms with Crippen molar-refractivity contribution in [1.82, 2.24) is 4.98 Å². The Kier molecular flexibility index (Phi) is 3.55. The van der Waals surface area contributed by atoms with Crippen molar-refractivity contribution in [2.24, 2.45) is 5.92 Å². The fourth-order valence-corrected chi connectivity index (χ4v) is 2.46. The van der Waals surface area contributed by atoms with Crippen LogP contribution in [-0.2, 0) is 6.42 Å². The van der Waals surface area contributed by atoms with Crippen molar-refractivity contribution in [3.05, 3.63) is 40.9 Å². The van der Waals surface area contributed by atoms with Gasteiger partial charge in [-0.1, -0.05) is 38.1 Å². The van der Waals surface area contributed by atoms with Crippen molar-refractivity contribution in [2.75, 3.05) is 0 Å². The molecule has 0 radical (unpaired) electrons. The summed E-state index contributed by atoms with van der Waals surface area (Å²) < 4.78 is 0. The molecule has 86 valence electrons. The summed E-state index contributed by atoms with van der Waals surface area (Å²) in [6, 6.07) is 10.5. The summed E-state index contributed by atoms with van der Waals surface area (Å²) in [5.41, 5.74) is 2.93. The van der Waals surface area contributed by atoms with E-state index in [9.17, 15) is 0 Å². The number of benzene rings is 1. The molecule has 0 N–H and O–H groups in total. The van der Waals surface area contributed by atoms with Gasteiger partial charge in [-0.15, -0.1) is 11.3 Å². The van der Waals surface area contributed by atoms with Gasteiger partial charge in [-0.25, -0.2) is 4.98 Å². The second-order valence-electron chi connectivity index (χ2n) is 4.44. The molecule has 0 atom stereocenters. The molecule has 1 aromatic heterocycles. The highest BCUT2D eigenvalue weighted by Crippen LogP contribution is 2.24. The van der Waals surface area contributed by atoms with Gasteiger partial charge in [-0.05, 0) is 17.9 Å². The summed E-state index contributed by atoms with van der Waals surface area (Å²) >= 11 is 1.51. The SMILES string of the molecule is CC(C)Cc1ccc(-c2nc(C#N)cs2)cc1. The van der Waals surface area contributed by atoms with Crippen LogP contribution in [0.1, 0.15) is 25.1 Å². The Hall–Kier alpha value is -1.66. The Morgan fingerprint density at radius 2 is 2.00 bits per heavy atom. The van der Waals surface area contributed by atoms with Crippen LogP contribution in [0.15, 0.2) is 29.6 Å². The largest absolute Gasteiger partial charge is 0.225 e. The highest BCUT2D eigenvalue weighted by atomic mass is 32.1. The predicted molar refractivity (Wildman–Crippen MR) is 70.8 cm³/mol. The minimum atomic E-state index is 0.497. The molecule has 0 spiro atoms. The third-order valence-corrected chi connectivity index (χ3v) is 3.35. The van der Waals surface area contributed by atoms with E-state index in [1.165, 1.54) is 16.9 Å².